The van der Waals surface area contributed by atoms with Crippen molar-refractivity contribution in [2.24, 2.45) is 5.41 Å². The monoisotopic (exact) mass is 289 g/mol. The molecule has 0 bridgehead atoms. The fourth-order valence-electron chi connectivity index (χ4n) is 2.15. The van der Waals surface area contributed by atoms with E-state index in [0.29, 0.717) is 11.6 Å². The fourth-order valence-corrected chi connectivity index (χ4v) is 2.38. The third kappa shape index (κ3) is 2.90. The van der Waals surface area contributed by atoms with Crippen molar-refractivity contribution in [2.75, 3.05) is 6.61 Å². The van der Waals surface area contributed by atoms with E-state index < -0.39 is 0 Å². The van der Waals surface area contributed by atoms with Gasteiger partial charge in [0.2, 0.25) is 0 Å². The van der Waals surface area contributed by atoms with Gasteiger partial charge in [0.05, 0.1) is 6.04 Å². The lowest BCUT2D eigenvalue weighted by atomic mass is 9.79. The summed E-state index contributed by atoms with van der Waals surface area (Å²) in [4.78, 5) is 11.4. The van der Waals surface area contributed by atoms with Crippen LogP contribution in [0, 0.1) is 12.3 Å². The highest BCUT2D eigenvalue weighted by Gasteiger charge is 2.38. The maximum atomic E-state index is 11.4. The van der Waals surface area contributed by atoms with E-state index in [1.165, 1.54) is 0 Å². The molecule has 0 radical (unpaired) electrons. The highest BCUT2D eigenvalue weighted by Crippen LogP contribution is 2.38. The van der Waals surface area contributed by atoms with Crippen molar-refractivity contribution in [2.45, 2.75) is 26.8 Å². The Morgan fingerprint density at radius 2 is 2.11 bits per heavy atom. The Hall–Kier alpha value is -0.930. The summed E-state index contributed by atoms with van der Waals surface area (Å²) in [6.07, 6.45) is -0.358. The number of cyclic esters (lactones) is 1. The highest BCUT2D eigenvalue weighted by molar-refractivity contribution is 6.30. The molecule has 100 valence electrons. The molecular formula is C13H17Cl2NO2. The molecule has 5 heteroatoms. The van der Waals surface area contributed by atoms with E-state index in [1.54, 1.807) is 0 Å². The van der Waals surface area contributed by atoms with Crippen molar-refractivity contribution in [3.63, 3.8) is 0 Å². The number of benzene rings is 1. The maximum absolute atomic E-state index is 11.4. The predicted octanol–water partition coefficient (Wildman–Crippen LogP) is 3.88. The van der Waals surface area contributed by atoms with Crippen LogP contribution in [0.2, 0.25) is 5.02 Å². The molecule has 0 saturated carbocycles. The Morgan fingerprint density at radius 3 is 2.72 bits per heavy atom. The third-order valence-corrected chi connectivity index (χ3v) is 3.40. The summed E-state index contributed by atoms with van der Waals surface area (Å²) in [7, 11) is 0. The van der Waals surface area contributed by atoms with Crippen molar-refractivity contribution < 1.29 is 9.53 Å². The van der Waals surface area contributed by atoms with Crippen molar-refractivity contribution >= 4 is 30.1 Å². The molecule has 1 heterocycles. The second-order valence-electron chi connectivity index (χ2n) is 5.14. The zero-order valence-electron chi connectivity index (χ0n) is 10.6. The molecule has 1 saturated heterocycles. The quantitative estimate of drug-likeness (QED) is 0.852. The minimum atomic E-state index is -0.358. The molecular weight excluding hydrogens is 273 g/mol. The Balaban J connectivity index is 0.00000162. The number of carbonyl (C=O) groups is 1. The van der Waals surface area contributed by atoms with Crippen LogP contribution in [0.5, 0.6) is 0 Å². The van der Waals surface area contributed by atoms with Gasteiger partial charge in [-0.2, -0.15) is 0 Å². The van der Waals surface area contributed by atoms with Crippen LogP contribution in [0.3, 0.4) is 0 Å². The van der Waals surface area contributed by atoms with Gasteiger partial charge in [-0.05, 0) is 30.2 Å². The summed E-state index contributed by atoms with van der Waals surface area (Å²) in [5.74, 6) is 0. The second kappa shape index (κ2) is 5.37. The summed E-state index contributed by atoms with van der Waals surface area (Å²) >= 11 is 5.94. The number of rotatable bonds is 1. The van der Waals surface area contributed by atoms with Crippen molar-refractivity contribution in [3.8, 4) is 0 Å². The first kappa shape index (κ1) is 15.1. The Kier molecular flexibility index (Phi) is 4.51. The average Bonchev–Trinajstić information content (AvgIpc) is 2.23. The minimum Gasteiger partial charge on any atom is -0.449 e. The summed E-state index contributed by atoms with van der Waals surface area (Å²) in [5, 5.41) is 3.59. The van der Waals surface area contributed by atoms with E-state index in [9.17, 15) is 4.79 Å². The van der Waals surface area contributed by atoms with Crippen LogP contribution in [-0.2, 0) is 4.74 Å². The van der Waals surface area contributed by atoms with Crippen LogP contribution >= 0.6 is 24.0 Å². The number of hydrogen-bond donors (Lipinski definition) is 1. The molecule has 1 aromatic rings. The third-order valence-electron chi connectivity index (χ3n) is 3.16. The van der Waals surface area contributed by atoms with Crippen molar-refractivity contribution in [1.29, 1.82) is 0 Å². The van der Waals surface area contributed by atoms with E-state index in [-0.39, 0.29) is 30.0 Å². The molecule has 1 aliphatic rings. The van der Waals surface area contributed by atoms with Gasteiger partial charge in [0, 0.05) is 10.4 Å². The number of amides is 1. The van der Waals surface area contributed by atoms with Gasteiger partial charge in [0.1, 0.15) is 6.61 Å². The van der Waals surface area contributed by atoms with Gasteiger partial charge in [0.25, 0.3) is 0 Å². The molecule has 2 rings (SSSR count). The highest BCUT2D eigenvalue weighted by atomic mass is 35.5. The van der Waals surface area contributed by atoms with Gasteiger partial charge in [0.15, 0.2) is 0 Å². The van der Waals surface area contributed by atoms with Crippen LogP contribution in [-0.4, -0.2) is 12.7 Å². The van der Waals surface area contributed by atoms with Crippen molar-refractivity contribution in [3.05, 3.63) is 34.3 Å². The van der Waals surface area contributed by atoms with E-state index >= 15 is 0 Å². The first-order chi connectivity index (χ1) is 7.90. The number of carbonyl (C=O) groups excluding carboxylic acids is 1. The van der Waals surface area contributed by atoms with Crippen LogP contribution in [0.25, 0.3) is 0 Å². The van der Waals surface area contributed by atoms with Crippen molar-refractivity contribution in [1.82, 2.24) is 5.32 Å². The minimum absolute atomic E-state index is 0. The molecule has 0 unspecified atom stereocenters. The van der Waals surface area contributed by atoms with Gasteiger partial charge < -0.3 is 10.1 Å². The second-order valence-corrected chi connectivity index (χ2v) is 5.58. The van der Waals surface area contributed by atoms with Gasteiger partial charge in [-0.3, -0.25) is 0 Å². The topological polar surface area (TPSA) is 38.3 Å². The molecule has 0 aliphatic carbocycles. The van der Waals surface area contributed by atoms with Crippen LogP contribution < -0.4 is 5.32 Å². The Morgan fingerprint density at radius 1 is 1.44 bits per heavy atom. The van der Waals surface area contributed by atoms with E-state index in [2.05, 4.69) is 19.2 Å². The van der Waals surface area contributed by atoms with Crippen LogP contribution in [0.1, 0.15) is 31.0 Å². The molecule has 1 aromatic carbocycles. The standard InChI is InChI=1S/C13H16ClNO2.ClH/c1-8-6-9(14)4-5-10(8)11-13(2,3)7-17-12(16)15-11;/h4-6,11H,7H2,1-3H3,(H,15,16);1H/t11-;/m0./s1. The molecule has 0 spiro atoms. The van der Waals surface area contributed by atoms with E-state index in [1.807, 2.05) is 25.1 Å². The van der Waals surface area contributed by atoms with Gasteiger partial charge in [-0.1, -0.05) is 31.5 Å². The zero-order valence-corrected chi connectivity index (χ0v) is 12.2. The maximum Gasteiger partial charge on any atom is 0.407 e. The van der Waals surface area contributed by atoms with E-state index in [0.717, 1.165) is 11.1 Å². The first-order valence-corrected chi connectivity index (χ1v) is 5.97. The van der Waals surface area contributed by atoms with Gasteiger partial charge >= 0.3 is 6.09 Å². The molecule has 1 N–H and O–H groups in total. The summed E-state index contributed by atoms with van der Waals surface area (Å²) < 4.78 is 5.03. The fraction of sp³-hybridized carbons (Fsp3) is 0.462. The molecule has 1 fully saturated rings. The number of alkyl carbamates (subject to hydrolysis) is 1. The predicted molar refractivity (Wildman–Crippen MR) is 74.4 cm³/mol. The normalized spacial score (nSPS) is 21.6. The van der Waals surface area contributed by atoms with E-state index in [4.69, 9.17) is 16.3 Å². The number of halogens is 2. The first-order valence-electron chi connectivity index (χ1n) is 5.59. The number of hydrogen-bond acceptors (Lipinski definition) is 2. The molecule has 1 atom stereocenters. The lowest BCUT2D eigenvalue weighted by molar-refractivity contribution is 0.0386. The molecule has 1 amide bonds. The largest absolute Gasteiger partial charge is 0.449 e. The molecule has 3 nitrogen and oxygen atoms in total. The summed E-state index contributed by atoms with van der Waals surface area (Å²) in [6.45, 7) is 6.57. The lowest BCUT2D eigenvalue weighted by Crippen LogP contribution is -2.47. The average molecular weight is 290 g/mol. The van der Waals surface area contributed by atoms with Gasteiger partial charge in [-0.15, -0.1) is 12.4 Å². The lowest BCUT2D eigenvalue weighted by Gasteiger charge is -2.39. The number of aryl methyl sites for hydroxylation is 1. The molecule has 1 aliphatic heterocycles. The SMILES string of the molecule is Cc1cc(Cl)ccc1[C@@H]1NC(=O)OCC1(C)C.Cl. The summed E-state index contributed by atoms with van der Waals surface area (Å²) in [5.41, 5.74) is 2.04. The summed E-state index contributed by atoms with van der Waals surface area (Å²) in [6, 6.07) is 5.69. The van der Waals surface area contributed by atoms with Crippen LogP contribution in [0.15, 0.2) is 18.2 Å². The Labute approximate surface area is 118 Å². The smallest absolute Gasteiger partial charge is 0.407 e. The van der Waals surface area contributed by atoms with Gasteiger partial charge in [-0.25, -0.2) is 4.79 Å². The number of nitrogens with one attached hydrogen (secondary N) is 1. The van der Waals surface area contributed by atoms with Crippen LogP contribution in [0.4, 0.5) is 4.79 Å². The zero-order chi connectivity index (χ0) is 12.6. The molecule has 0 aromatic heterocycles. The molecule has 18 heavy (non-hydrogen) atoms. The Bertz CT molecular complexity index is 460. The number of ether oxygens (including phenoxy) is 1.